The maximum atomic E-state index is 13.4. The molecule has 0 unspecified atom stereocenters. The summed E-state index contributed by atoms with van der Waals surface area (Å²) in [7, 11) is 0. The SMILES string of the molecule is CCOc1ccc([C@H]2C(=C(O)c3ccc(OCc4ccccc4)c(C)c3)C(=O)C(=O)N2CCN(CC)CC)cc1. The first-order valence-electron chi connectivity index (χ1n) is 13.9. The lowest BCUT2D eigenvalue weighted by Gasteiger charge is -2.28. The molecule has 0 spiro atoms. The Bertz CT molecular complexity index is 1350. The second-order valence-electron chi connectivity index (χ2n) is 9.78. The van der Waals surface area contributed by atoms with Crippen LogP contribution in [0.15, 0.2) is 78.4 Å². The lowest BCUT2D eigenvalue weighted by atomic mass is 9.94. The van der Waals surface area contributed by atoms with Crippen LogP contribution in [-0.4, -0.2) is 59.4 Å². The van der Waals surface area contributed by atoms with Crippen molar-refractivity contribution in [2.75, 3.05) is 32.8 Å². The number of carbonyl (C=O) groups is 2. The molecule has 7 nitrogen and oxygen atoms in total. The van der Waals surface area contributed by atoms with Gasteiger partial charge in [-0.3, -0.25) is 9.59 Å². The van der Waals surface area contributed by atoms with Gasteiger partial charge < -0.3 is 24.4 Å². The number of hydrogen-bond donors (Lipinski definition) is 1. The molecule has 0 bridgehead atoms. The Labute approximate surface area is 236 Å². The number of Topliss-reactive ketones (excluding diaryl/α,β-unsaturated/α-hetero) is 1. The smallest absolute Gasteiger partial charge is 0.295 e. The molecule has 7 heteroatoms. The van der Waals surface area contributed by atoms with Crippen molar-refractivity contribution in [2.45, 2.75) is 40.3 Å². The van der Waals surface area contributed by atoms with Gasteiger partial charge >= 0.3 is 0 Å². The van der Waals surface area contributed by atoms with E-state index in [1.54, 1.807) is 23.1 Å². The van der Waals surface area contributed by atoms with Gasteiger partial charge in [0.2, 0.25) is 0 Å². The number of amides is 1. The Morgan fingerprint density at radius 2 is 1.62 bits per heavy atom. The Morgan fingerprint density at radius 3 is 2.25 bits per heavy atom. The predicted octanol–water partition coefficient (Wildman–Crippen LogP) is 5.74. The number of nitrogens with zero attached hydrogens (tertiary/aromatic N) is 2. The third-order valence-electron chi connectivity index (χ3n) is 7.28. The standard InChI is InChI=1S/C33H38N2O5/c1-5-34(6-2)19-20-35-30(25-13-16-27(17-14-25)39-7-3)29(32(37)33(35)38)31(36)26-15-18-28(23(4)21-26)40-22-24-11-9-8-10-12-24/h8-18,21,30,36H,5-7,19-20,22H2,1-4H3/t30-/m0/s1. The average Bonchev–Trinajstić information content (AvgIpc) is 3.23. The molecule has 3 aromatic rings. The van der Waals surface area contributed by atoms with Crippen LogP contribution >= 0.6 is 0 Å². The minimum absolute atomic E-state index is 0.0889. The van der Waals surface area contributed by atoms with Gasteiger partial charge in [-0.05, 0) is 74.0 Å². The molecule has 4 rings (SSSR count). The van der Waals surface area contributed by atoms with E-state index in [1.807, 2.05) is 68.4 Å². The molecule has 0 aromatic heterocycles. The second-order valence-corrected chi connectivity index (χ2v) is 9.78. The van der Waals surface area contributed by atoms with Crippen molar-refractivity contribution in [2.24, 2.45) is 0 Å². The van der Waals surface area contributed by atoms with Crippen LogP contribution in [0.1, 0.15) is 49.1 Å². The van der Waals surface area contributed by atoms with Crippen molar-refractivity contribution in [1.82, 2.24) is 9.80 Å². The molecule has 0 aliphatic carbocycles. The number of ketones is 1. The minimum Gasteiger partial charge on any atom is -0.507 e. The van der Waals surface area contributed by atoms with E-state index >= 15 is 0 Å². The molecule has 1 N–H and O–H groups in total. The fraction of sp³-hybridized carbons (Fsp3) is 0.333. The third-order valence-corrected chi connectivity index (χ3v) is 7.28. The number of carbonyl (C=O) groups excluding carboxylic acids is 2. The van der Waals surface area contributed by atoms with E-state index in [0.717, 1.165) is 29.8 Å². The van der Waals surface area contributed by atoms with Crippen LogP contribution in [-0.2, 0) is 16.2 Å². The van der Waals surface area contributed by atoms with Crippen molar-refractivity contribution >= 4 is 17.4 Å². The van der Waals surface area contributed by atoms with E-state index in [-0.39, 0.29) is 11.3 Å². The van der Waals surface area contributed by atoms with E-state index in [1.165, 1.54) is 0 Å². The van der Waals surface area contributed by atoms with Crippen molar-refractivity contribution in [3.63, 3.8) is 0 Å². The highest BCUT2D eigenvalue weighted by molar-refractivity contribution is 6.46. The molecule has 3 aromatic carbocycles. The number of hydrogen-bond acceptors (Lipinski definition) is 6. The van der Waals surface area contributed by atoms with Crippen LogP contribution in [0.2, 0.25) is 0 Å². The molecule has 1 fully saturated rings. The summed E-state index contributed by atoms with van der Waals surface area (Å²) >= 11 is 0. The van der Waals surface area contributed by atoms with Crippen molar-refractivity contribution < 1.29 is 24.2 Å². The second kappa shape index (κ2) is 13.3. The Kier molecular flexibility index (Phi) is 9.61. The molecule has 1 amide bonds. The molecule has 1 saturated heterocycles. The fourth-order valence-electron chi connectivity index (χ4n) is 5.01. The first-order chi connectivity index (χ1) is 19.4. The van der Waals surface area contributed by atoms with Crippen LogP contribution in [0.5, 0.6) is 11.5 Å². The maximum Gasteiger partial charge on any atom is 0.295 e. The molecule has 0 saturated carbocycles. The van der Waals surface area contributed by atoms with Crippen LogP contribution in [0.3, 0.4) is 0 Å². The van der Waals surface area contributed by atoms with E-state index in [9.17, 15) is 14.7 Å². The number of benzene rings is 3. The van der Waals surface area contributed by atoms with Gasteiger partial charge in [0, 0.05) is 18.7 Å². The fourth-order valence-corrected chi connectivity index (χ4v) is 5.01. The molecule has 1 aliphatic heterocycles. The topological polar surface area (TPSA) is 79.3 Å². The van der Waals surface area contributed by atoms with E-state index < -0.39 is 17.7 Å². The zero-order chi connectivity index (χ0) is 28.6. The van der Waals surface area contributed by atoms with E-state index in [2.05, 4.69) is 18.7 Å². The van der Waals surface area contributed by atoms with Gasteiger partial charge in [-0.25, -0.2) is 0 Å². The highest BCUT2D eigenvalue weighted by Crippen LogP contribution is 2.40. The highest BCUT2D eigenvalue weighted by atomic mass is 16.5. The lowest BCUT2D eigenvalue weighted by Crippen LogP contribution is -2.38. The van der Waals surface area contributed by atoms with Gasteiger partial charge in [0.15, 0.2) is 0 Å². The summed E-state index contributed by atoms with van der Waals surface area (Å²) in [6.45, 7) is 11.6. The van der Waals surface area contributed by atoms with Gasteiger partial charge in [-0.1, -0.05) is 56.3 Å². The van der Waals surface area contributed by atoms with Crippen molar-refractivity contribution in [3.8, 4) is 11.5 Å². The summed E-state index contributed by atoms with van der Waals surface area (Å²) in [5, 5.41) is 11.5. The van der Waals surface area contributed by atoms with Crippen molar-refractivity contribution in [3.05, 3.63) is 101 Å². The van der Waals surface area contributed by atoms with Crippen molar-refractivity contribution in [1.29, 1.82) is 0 Å². The molecular formula is C33H38N2O5. The summed E-state index contributed by atoms with van der Waals surface area (Å²) in [6.07, 6.45) is 0. The molecule has 1 aliphatic rings. The van der Waals surface area contributed by atoms with Gasteiger partial charge in [-0.15, -0.1) is 0 Å². The molecule has 1 atom stereocenters. The zero-order valence-corrected chi connectivity index (χ0v) is 23.7. The minimum atomic E-state index is -0.708. The first kappa shape index (κ1) is 28.9. The van der Waals surface area contributed by atoms with E-state index in [0.29, 0.717) is 43.4 Å². The molecule has 210 valence electrons. The van der Waals surface area contributed by atoms with Gasteiger partial charge in [-0.2, -0.15) is 0 Å². The largest absolute Gasteiger partial charge is 0.507 e. The van der Waals surface area contributed by atoms with E-state index in [4.69, 9.17) is 9.47 Å². The molecule has 1 heterocycles. The van der Waals surface area contributed by atoms with Crippen LogP contribution < -0.4 is 9.47 Å². The summed E-state index contributed by atoms with van der Waals surface area (Å²) in [5.74, 6) is -0.0957. The molecule has 0 radical (unpaired) electrons. The number of likely N-dealkylation sites (N-methyl/N-ethyl adjacent to an activating group) is 1. The summed E-state index contributed by atoms with van der Waals surface area (Å²) in [5.41, 5.74) is 3.15. The number of aryl methyl sites for hydroxylation is 1. The quantitative estimate of drug-likeness (QED) is 0.179. The molecular weight excluding hydrogens is 504 g/mol. The van der Waals surface area contributed by atoms with Crippen LogP contribution in [0, 0.1) is 6.92 Å². The summed E-state index contributed by atoms with van der Waals surface area (Å²) in [6, 6.07) is 21.8. The monoisotopic (exact) mass is 542 g/mol. The Hall–Kier alpha value is -4.10. The zero-order valence-electron chi connectivity index (χ0n) is 23.7. The predicted molar refractivity (Wildman–Crippen MR) is 156 cm³/mol. The van der Waals surface area contributed by atoms with Gasteiger partial charge in [0.1, 0.15) is 23.9 Å². The first-order valence-corrected chi connectivity index (χ1v) is 13.9. The summed E-state index contributed by atoms with van der Waals surface area (Å²) in [4.78, 5) is 30.5. The average molecular weight is 543 g/mol. The molecule has 40 heavy (non-hydrogen) atoms. The number of rotatable bonds is 12. The normalized spacial score (nSPS) is 16.5. The highest BCUT2D eigenvalue weighted by Gasteiger charge is 2.46. The van der Waals surface area contributed by atoms with Crippen LogP contribution in [0.4, 0.5) is 0 Å². The van der Waals surface area contributed by atoms with Crippen LogP contribution in [0.25, 0.3) is 5.76 Å². The number of likely N-dealkylation sites (tertiary alicyclic amines) is 1. The number of aliphatic hydroxyl groups excluding tert-OH is 1. The van der Waals surface area contributed by atoms with Gasteiger partial charge in [0.05, 0.1) is 18.2 Å². The number of ether oxygens (including phenoxy) is 2. The maximum absolute atomic E-state index is 13.4. The Morgan fingerprint density at radius 1 is 0.925 bits per heavy atom. The Balaban J connectivity index is 1.69. The third kappa shape index (κ3) is 6.37. The number of aliphatic hydroxyl groups is 1. The summed E-state index contributed by atoms with van der Waals surface area (Å²) < 4.78 is 11.6. The van der Waals surface area contributed by atoms with Gasteiger partial charge in [0.25, 0.3) is 11.7 Å². The lowest BCUT2D eigenvalue weighted by molar-refractivity contribution is -0.140.